The molecule has 0 bridgehead atoms. The third kappa shape index (κ3) is 14.7. The number of carbonyl (C=O) groups excluding carboxylic acids is 1. The minimum absolute atomic E-state index is 0. The van der Waals surface area contributed by atoms with E-state index in [9.17, 15) is 4.79 Å². The molecule has 0 aliphatic rings. The first kappa shape index (κ1) is 26.7. The van der Waals surface area contributed by atoms with Crippen LogP contribution in [0.5, 0.6) is 0 Å². The predicted molar refractivity (Wildman–Crippen MR) is 122 cm³/mol. The molecule has 1 aromatic heterocycles. The Bertz CT molecular complexity index is 510. The molecule has 0 aliphatic carbocycles. The minimum atomic E-state index is -0.0923. The quantitative estimate of drug-likeness (QED) is 0.123. The molecular weight excluding hydrogens is 473 g/mol. The van der Waals surface area contributed by atoms with Crippen molar-refractivity contribution in [2.45, 2.75) is 59.0 Å². The predicted octanol–water partition coefficient (Wildman–Crippen LogP) is 3.87. The Morgan fingerprint density at radius 1 is 1.14 bits per heavy atom. The number of carbonyl (C=O) groups is 1. The van der Waals surface area contributed by atoms with Crippen molar-refractivity contribution in [3.63, 3.8) is 0 Å². The first-order chi connectivity index (χ1) is 13.3. The number of halogens is 1. The molecule has 2 N–H and O–H groups in total. The summed E-state index contributed by atoms with van der Waals surface area (Å²) in [7, 11) is 0. The Morgan fingerprint density at radius 3 is 2.68 bits per heavy atom. The summed E-state index contributed by atoms with van der Waals surface area (Å²) < 4.78 is 15.7. The summed E-state index contributed by atoms with van der Waals surface area (Å²) in [6, 6.07) is 3.76. The largest absolute Gasteiger partial charge is 0.467 e. The summed E-state index contributed by atoms with van der Waals surface area (Å²) in [4.78, 5) is 15.8. The van der Waals surface area contributed by atoms with Gasteiger partial charge in [0.1, 0.15) is 12.4 Å². The second kappa shape index (κ2) is 19.0. The zero-order valence-electron chi connectivity index (χ0n) is 17.2. The van der Waals surface area contributed by atoms with E-state index < -0.39 is 0 Å². The van der Waals surface area contributed by atoms with Crippen molar-refractivity contribution in [2.75, 3.05) is 32.8 Å². The lowest BCUT2D eigenvalue weighted by Crippen LogP contribution is -2.37. The van der Waals surface area contributed by atoms with Gasteiger partial charge in [0, 0.05) is 32.7 Å². The number of rotatable bonds is 15. The van der Waals surface area contributed by atoms with Crippen molar-refractivity contribution in [3.05, 3.63) is 24.2 Å². The Balaban J connectivity index is 0.00000729. The number of hydrogen-bond acceptors (Lipinski definition) is 5. The van der Waals surface area contributed by atoms with E-state index in [-0.39, 0.29) is 29.9 Å². The third-order valence-electron chi connectivity index (χ3n) is 3.79. The lowest BCUT2D eigenvalue weighted by atomic mass is 10.1. The Kier molecular flexibility index (Phi) is 18.2. The second-order valence-electron chi connectivity index (χ2n) is 6.14. The first-order valence-corrected chi connectivity index (χ1v) is 10.0. The van der Waals surface area contributed by atoms with Gasteiger partial charge in [-0.25, -0.2) is 0 Å². The van der Waals surface area contributed by atoms with Gasteiger partial charge in [-0.05, 0) is 45.2 Å². The molecule has 0 spiro atoms. The number of unbranched alkanes of at least 4 members (excludes halogenated alkanes) is 3. The molecule has 0 saturated carbocycles. The van der Waals surface area contributed by atoms with Crippen LogP contribution >= 0.6 is 24.0 Å². The van der Waals surface area contributed by atoms with Gasteiger partial charge in [0.15, 0.2) is 5.96 Å². The number of guanidine groups is 1. The monoisotopic (exact) mass is 509 g/mol. The van der Waals surface area contributed by atoms with Crippen LogP contribution < -0.4 is 10.6 Å². The topological polar surface area (TPSA) is 85.1 Å². The SMILES string of the molecule is CCNC(=NCCCOCc1ccco1)NCCCCCCC(=O)OCC.I. The molecule has 1 rings (SSSR count). The number of nitrogens with one attached hydrogen (secondary N) is 2. The number of ether oxygens (including phenoxy) is 2. The van der Waals surface area contributed by atoms with Gasteiger partial charge >= 0.3 is 5.97 Å². The summed E-state index contributed by atoms with van der Waals surface area (Å²) in [5.74, 6) is 1.59. The highest BCUT2D eigenvalue weighted by molar-refractivity contribution is 14.0. The average Bonchev–Trinajstić information content (AvgIpc) is 3.17. The van der Waals surface area contributed by atoms with E-state index in [2.05, 4.69) is 22.5 Å². The van der Waals surface area contributed by atoms with E-state index in [1.54, 1.807) is 6.26 Å². The maximum absolute atomic E-state index is 11.2. The van der Waals surface area contributed by atoms with Crippen molar-refractivity contribution in [3.8, 4) is 0 Å². The van der Waals surface area contributed by atoms with E-state index in [1.807, 2.05) is 19.1 Å². The lowest BCUT2D eigenvalue weighted by Gasteiger charge is -2.11. The fraction of sp³-hybridized carbons (Fsp3) is 0.700. The van der Waals surface area contributed by atoms with E-state index in [1.165, 1.54) is 0 Å². The van der Waals surface area contributed by atoms with Crippen molar-refractivity contribution in [1.82, 2.24) is 10.6 Å². The molecule has 8 heteroatoms. The first-order valence-electron chi connectivity index (χ1n) is 10.0. The molecule has 0 radical (unpaired) electrons. The van der Waals surface area contributed by atoms with Crippen LogP contribution in [0.2, 0.25) is 0 Å². The molecule has 0 unspecified atom stereocenters. The molecule has 0 amide bonds. The van der Waals surface area contributed by atoms with Gasteiger partial charge in [-0.1, -0.05) is 12.8 Å². The van der Waals surface area contributed by atoms with Crippen LogP contribution in [-0.4, -0.2) is 44.8 Å². The molecule has 0 saturated heterocycles. The molecule has 0 aromatic carbocycles. The Hall–Kier alpha value is -1.29. The van der Waals surface area contributed by atoms with E-state index in [0.29, 0.717) is 32.8 Å². The zero-order valence-corrected chi connectivity index (χ0v) is 19.5. The maximum atomic E-state index is 11.2. The molecule has 7 nitrogen and oxygen atoms in total. The van der Waals surface area contributed by atoms with Crippen molar-refractivity contribution in [2.24, 2.45) is 4.99 Å². The molecule has 1 heterocycles. The minimum Gasteiger partial charge on any atom is -0.467 e. The summed E-state index contributed by atoms with van der Waals surface area (Å²) in [5, 5.41) is 6.59. The number of aliphatic imine (C=N–C) groups is 1. The van der Waals surface area contributed by atoms with Crippen molar-refractivity contribution >= 4 is 35.9 Å². The molecular formula is C20H36IN3O4. The van der Waals surface area contributed by atoms with Crippen LogP contribution in [-0.2, 0) is 20.9 Å². The highest BCUT2D eigenvalue weighted by Gasteiger charge is 2.01. The smallest absolute Gasteiger partial charge is 0.305 e. The standard InChI is InChI=1S/C20H35N3O4.HI/c1-3-21-20(22-13-8-6-5-7-12-19(24)26-4-2)23-14-10-15-25-17-18-11-9-16-27-18;/h9,11,16H,3-8,10,12-15,17H2,1-2H3,(H2,21,22,23);1H. The molecule has 0 aliphatic heterocycles. The molecule has 28 heavy (non-hydrogen) atoms. The molecule has 162 valence electrons. The van der Waals surface area contributed by atoms with Gasteiger partial charge in [0.05, 0.1) is 12.9 Å². The second-order valence-corrected chi connectivity index (χ2v) is 6.14. The van der Waals surface area contributed by atoms with Gasteiger partial charge in [-0.2, -0.15) is 0 Å². The summed E-state index contributed by atoms with van der Waals surface area (Å²) in [6.07, 6.45) is 7.12. The third-order valence-corrected chi connectivity index (χ3v) is 3.79. The van der Waals surface area contributed by atoms with Gasteiger partial charge < -0.3 is 24.5 Å². The van der Waals surface area contributed by atoms with Crippen LogP contribution in [0.15, 0.2) is 27.8 Å². The van der Waals surface area contributed by atoms with E-state index >= 15 is 0 Å². The molecule has 0 atom stereocenters. The maximum Gasteiger partial charge on any atom is 0.305 e. The average molecular weight is 509 g/mol. The number of furan rings is 1. The van der Waals surface area contributed by atoms with Gasteiger partial charge in [-0.15, -0.1) is 24.0 Å². The van der Waals surface area contributed by atoms with Crippen LogP contribution in [0.25, 0.3) is 0 Å². The van der Waals surface area contributed by atoms with Crippen LogP contribution in [0, 0.1) is 0 Å². The fourth-order valence-corrected chi connectivity index (χ4v) is 2.45. The lowest BCUT2D eigenvalue weighted by molar-refractivity contribution is -0.143. The summed E-state index contributed by atoms with van der Waals surface area (Å²) in [5.41, 5.74) is 0. The fourth-order valence-electron chi connectivity index (χ4n) is 2.45. The van der Waals surface area contributed by atoms with Crippen molar-refractivity contribution in [1.29, 1.82) is 0 Å². The van der Waals surface area contributed by atoms with Crippen LogP contribution in [0.3, 0.4) is 0 Å². The molecule has 1 aromatic rings. The van der Waals surface area contributed by atoms with Crippen molar-refractivity contribution < 1.29 is 18.7 Å². The highest BCUT2D eigenvalue weighted by Crippen LogP contribution is 2.04. The van der Waals surface area contributed by atoms with Crippen LogP contribution in [0.1, 0.15) is 58.1 Å². The van der Waals surface area contributed by atoms with E-state index in [0.717, 1.165) is 56.9 Å². The van der Waals surface area contributed by atoms with Gasteiger partial charge in [0.2, 0.25) is 0 Å². The Morgan fingerprint density at radius 2 is 1.96 bits per heavy atom. The van der Waals surface area contributed by atoms with Gasteiger partial charge in [-0.3, -0.25) is 9.79 Å². The van der Waals surface area contributed by atoms with E-state index in [4.69, 9.17) is 13.9 Å². The normalized spacial score (nSPS) is 11.0. The summed E-state index contributed by atoms with van der Waals surface area (Å²) in [6.45, 7) is 7.94. The molecule has 0 fully saturated rings. The van der Waals surface area contributed by atoms with Crippen LogP contribution in [0.4, 0.5) is 0 Å². The number of hydrogen-bond donors (Lipinski definition) is 2. The number of esters is 1. The zero-order chi connectivity index (χ0) is 19.6. The highest BCUT2D eigenvalue weighted by atomic mass is 127. The Labute approximate surface area is 186 Å². The summed E-state index contributed by atoms with van der Waals surface area (Å²) >= 11 is 0. The van der Waals surface area contributed by atoms with Gasteiger partial charge in [0.25, 0.3) is 0 Å². The number of nitrogens with zero attached hydrogens (tertiary/aromatic N) is 1.